The number of hydrogen-bond acceptors (Lipinski definition) is 6. The van der Waals surface area contributed by atoms with E-state index in [1.54, 1.807) is 11.3 Å². The highest BCUT2D eigenvalue weighted by Gasteiger charge is 2.18. The van der Waals surface area contributed by atoms with Gasteiger partial charge in [0, 0.05) is 19.6 Å². The Morgan fingerprint density at radius 3 is 2.70 bits per heavy atom. The van der Waals surface area contributed by atoms with Gasteiger partial charge >= 0.3 is 0 Å². The molecule has 0 radical (unpaired) electrons. The molecule has 1 aliphatic heterocycles. The van der Waals surface area contributed by atoms with Crippen molar-refractivity contribution in [2.75, 3.05) is 29.9 Å². The molecule has 0 atom stereocenters. The summed E-state index contributed by atoms with van der Waals surface area (Å²) in [7, 11) is 0. The zero-order valence-electron chi connectivity index (χ0n) is 11.9. The summed E-state index contributed by atoms with van der Waals surface area (Å²) in [4.78, 5) is 17.1. The first-order valence-electron chi connectivity index (χ1n) is 7.07. The maximum Gasteiger partial charge on any atom is 0.230 e. The molecule has 1 aliphatic rings. The zero-order chi connectivity index (χ0) is 13.9. The van der Waals surface area contributed by atoms with Crippen LogP contribution in [0.4, 0.5) is 11.9 Å². The molecule has 0 unspecified atom stereocenters. The van der Waals surface area contributed by atoms with Gasteiger partial charge in [-0.1, -0.05) is 0 Å². The molecular formula is C14H19N5S. The monoisotopic (exact) mass is 289 g/mol. The molecule has 1 fully saturated rings. The lowest BCUT2D eigenvalue weighted by Gasteiger charge is -2.16. The maximum atomic E-state index is 4.68. The Labute approximate surface area is 123 Å². The van der Waals surface area contributed by atoms with E-state index in [9.17, 15) is 0 Å². The number of nitrogens with one attached hydrogen (secondary N) is 1. The van der Waals surface area contributed by atoms with Crippen LogP contribution >= 0.6 is 11.3 Å². The van der Waals surface area contributed by atoms with Crippen LogP contribution < -0.4 is 10.2 Å². The van der Waals surface area contributed by atoms with Gasteiger partial charge in [-0.05, 0) is 43.7 Å². The summed E-state index contributed by atoms with van der Waals surface area (Å²) in [5, 5.41) is 5.29. The van der Waals surface area contributed by atoms with Crippen LogP contribution in [0, 0.1) is 6.92 Å². The quantitative estimate of drug-likeness (QED) is 0.938. The number of nitrogens with zero attached hydrogens (tertiary/aromatic N) is 4. The number of aromatic nitrogens is 3. The van der Waals surface area contributed by atoms with Crippen LogP contribution in [0.3, 0.4) is 0 Å². The molecule has 2 aromatic rings. The van der Waals surface area contributed by atoms with Crippen molar-refractivity contribution in [2.45, 2.75) is 26.7 Å². The maximum absolute atomic E-state index is 4.68. The number of anilines is 2. The predicted octanol–water partition coefficient (Wildman–Crippen LogP) is 2.94. The lowest BCUT2D eigenvalue weighted by molar-refractivity contribution is 0.882. The van der Waals surface area contributed by atoms with Gasteiger partial charge in [0.05, 0.1) is 4.88 Å². The van der Waals surface area contributed by atoms with Gasteiger partial charge in [0.1, 0.15) is 0 Å². The summed E-state index contributed by atoms with van der Waals surface area (Å²) in [5.41, 5.74) is 1.22. The third-order valence-electron chi connectivity index (χ3n) is 3.41. The van der Waals surface area contributed by atoms with Gasteiger partial charge in [0.2, 0.25) is 11.9 Å². The van der Waals surface area contributed by atoms with Crippen molar-refractivity contribution in [1.29, 1.82) is 0 Å². The minimum atomic E-state index is 0.673. The second-order valence-electron chi connectivity index (χ2n) is 4.94. The fourth-order valence-corrected chi connectivity index (χ4v) is 3.22. The average Bonchev–Trinajstić information content (AvgIpc) is 3.09. The molecule has 1 N–H and O–H groups in total. The van der Waals surface area contributed by atoms with E-state index >= 15 is 0 Å². The summed E-state index contributed by atoms with van der Waals surface area (Å²) in [5.74, 6) is 2.26. The molecule has 5 nitrogen and oxygen atoms in total. The fourth-order valence-electron chi connectivity index (χ4n) is 2.36. The van der Waals surface area contributed by atoms with Crippen molar-refractivity contribution in [2.24, 2.45) is 0 Å². The minimum absolute atomic E-state index is 0.673. The SMILES string of the molecule is CCNc1nc(-c2sccc2C)nc(N2CCCC2)n1. The van der Waals surface area contributed by atoms with Crippen molar-refractivity contribution >= 4 is 23.2 Å². The van der Waals surface area contributed by atoms with E-state index in [2.05, 4.69) is 50.5 Å². The van der Waals surface area contributed by atoms with Crippen molar-refractivity contribution in [3.8, 4) is 10.7 Å². The van der Waals surface area contributed by atoms with E-state index in [1.165, 1.54) is 18.4 Å². The first-order chi connectivity index (χ1) is 9.78. The Morgan fingerprint density at radius 1 is 1.25 bits per heavy atom. The molecular weight excluding hydrogens is 270 g/mol. The highest BCUT2D eigenvalue weighted by Crippen LogP contribution is 2.28. The summed E-state index contributed by atoms with van der Waals surface area (Å²) in [6, 6.07) is 2.10. The van der Waals surface area contributed by atoms with Gasteiger partial charge in [-0.15, -0.1) is 11.3 Å². The van der Waals surface area contributed by atoms with Crippen molar-refractivity contribution in [1.82, 2.24) is 15.0 Å². The first-order valence-corrected chi connectivity index (χ1v) is 7.95. The van der Waals surface area contributed by atoms with Gasteiger partial charge in [0.25, 0.3) is 0 Å². The molecule has 3 heterocycles. The van der Waals surface area contributed by atoms with E-state index in [0.29, 0.717) is 5.95 Å². The van der Waals surface area contributed by atoms with Crippen molar-refractivity contribution in [3.63, 3.8) is 0 Å². The number of hydrogen-bond donors (Lipinski definition) is 1. The van der Waals surface area contributed by atoms with E-state index in [-0.39, 0.29) is 0 Å². The van der Waals surface area contributed by atoms with E-state index in [0.717, 1.165) is 36.3 Å². The standard InChI is InChI=1S/C14H19N5S/c1-3-15-13-16-12(11-10(2)6-9-20-11)17-14(18-13)19-7-4-5-8-19/h6,9H,3-5,7-8H2,1-2H3,(H,15,16,17,18). The van der Waals surface area contributed by atoms with Crippen LogP contribution in [0.2, 0.25) is 0 Å². The Morgan fingerprint density at radius 2 is 2.05 bits per heavy atom. The Hall–Kier alpha value is -1.69. The largest absolute Gasteiger partial charge is 0.354 e. The summed E-state index contributed by atoms with van der Waals surface area (Å²) < 4.78 is 0. The van der Waals surface area contributed by atoms with Crippen LogP contribution in [0.5, 0.6) is 0 Å². The van der Waals surface area contributed by atoms with Crippen LogP contribution in [0.15, 0.2) is 11.4 Å². The lowest BCUT2D eigenvalue weighted by Crippen LogP contribution is -2.22. The first kappa shape index (κ1) is 13.3. The molecule has 0 aliphatic carbocycles. The Bertz CT molecular complexity index is 589. The molecule has 0 saturated carbocycles. The van der Waals surface area contributed by atoms with Gasteiger partial charge in [0.15, 0.2) is 5.82 Å². The second-order valence-corrected chi connectivity index (χ2v) is 5.86. The summed E-state index contributed by atoms with van der Waals surface area (Å²) in [6.07, 6.45) is 2.44. The molecule has 0 amide bonds. The topological polar surface area (TPSA) is 53.9 Å². The van der Waals surface area contributed by atoms with Gasteiger partial charge in [-0.3, -0.25) is 0 Å². The van der Waals surface area contributed by atoms with Gasteiger partial charge < -0.3 is 10.2 Å². The van der Waals surface area contributed by atoms with Gasteiger partial charge in [-0.2, -0.15) is 15.0 Å². The molecule has 106 valence electrons. The van der Waals surface area contributed by atoms with E-state index in [4.69, 9.17) is 0 Å². The highest BCUT2D eigenvalue weighted by atomic mass is 32.1. The zero-order valence-corrected chi connectivity index (χ0v) is 12.7. The van der Waals surface area contributed by atoms with Crippen LogP contribution in [0.1, 0.15) is 25.3 Å². The third kappa shape index (κ3) is 2.60. The van der Waals surface area contributed by atoms with Gasteiger partial charge in [-0.25, -0.2) is 0 Å². The molecule has 3 rings (SSSR count). The average molecular weight is 289 g/mol. The molecule has 6 heteroatoms. The molecule has 0 aromatic carbocycles. The molecule has 2 aromatic heterocycles. The van der Waals surface area contributed by atoms with Crippen molar-refractivity contribution in [3.05, 3.63) is 17.0 Å². The van der Waals surface area contributed by atoms with E-state index in [1.807, 2.05) is 0 Å². The normalized spacial score (nSPS) is 14.8. The third-order valence-corrected chi connectivity index (χ3v) is 4.43. The summed E-state index contributed by atoms with van der Waals surface area (Å²) >= 11 is 1.68. The van der Waals surface area contributed by atoms with Crippen molar-refractivity contribution < 1.29 is 0 Å². The minimum Gasteiger partial charge on any atom is -0.354 e. The highest BCUT2D eigenvalue weighted by molar-refractivity contribution is 7.13. The fraction of sp³-hybridized carbons (Fsp3) is 0.500. The molecule has 0 bridgehead atoms. The van der Waals surface area contributed by atoms with Crippen LogP contribution in [0.25, 0.3) is 10.7 Å². The number of rotatable bonds is 4. The number of aryl methyl sites for hydroxylation is 1. The molecule has 20 heavy (non-hydrogen) atoms. The van der Waals surface area contributed by atoms with E-state index < -0.39 is 0 Å². The predicted molar refractivity (Wildman–Crippen MR) is 83.5 cm³/mol. The lowest BCUT2D eigenvalue weighted by atomic mass is 10.3. The summed E-state index contributed by atoms with van der Waals surface area (Å²) in [6.45, 7) is 7.04. The second kappa shape index (κ2) is 5.75. The molecule has 1 saturated heterocycles. The Kier molecular flexibility index (Phi) is 3.82. The molecule has 0 spiro atoms. The van der Waals surface area contributed by atoms with Crippen LogP contribution in [-0.4, -0.2) is 34.6 Å². The smallest absolute Gasteiger partial charge is 0.230 e. The van der Waals surface area contributed by atoms with Crippen LogP contribution in [-0.2, 0) is 0 Å². The Balaban J connectivity index is 2.02. The number of thiophene rings is 1.